The Bertz CT molecular complexity index is 349. The van der Waals surface area contributed by atoms with Crippen molar-refractivity contribution in [3.63, 3.8) is 0 Å². The summed E-state index contributed by atoms with van der Waals surface area (Å²) < 4.78 is 0.877. The van der Waals surface area contributed by atoms with E-state index in [0.717, 1.165) is 10.8 Å². The standard InChI is InChI=1S/C13H20ClNS/c1-2-10-5-3-4-8-13(10,15)9-11-6-7-12(14)16-11/h6-7,10H,2-5,8-9,15H2,1H3. The van der Waals surface area contributed by atoms with Crippen LogP contribution in [0, 0.1) is 5.92 Å². The summed E-state index contributed by atoms with van der Waals surface area (Å²) in [6.07, 6.45) is 7.31. The van der Waals surface area contributed by atoms with Crippen LogP contribution in [0.3, 0.4) is 0 Å². The third-order valence-corrected chi connectivity index (χ3v) is 5.11. The van der Waals surface area contributed by atoms with Crippen LogP contribution in [-0.4, -0.2) is 5.54 Å². The second-order valence-electron chi connectivity index (χ2n) is 4.97. The third-order valence-electron chi connectivity index (χ3n) is 3.88. The molecule has 0 bridgehead atoms. The van der Waals surface area contributed by atoms with Gasteiger partial charge in [0.2, 0.25) is 0 Å². The third kappa shape index (κ3) is 2.61. The minimum absolute atomic E-state index is 0.0151. The molecule has 1 heterocycles. The molecule has 3 heteroatoms. The van der Waals surface area contributed by atoms with Gasteiger partial charge in [-0.1, -0.05) is 37.8 Å². The van der Waals surface area contributed by atoms with Crippen molar-refractivity contribution in [1.82, 2.24) is 0 Å². The Hall–Kier alpha value is -0.0500. The maximum Gasteiger partial charge on any atom is 0.0931 e. The van der Waals surface area contributed by atoms with Gasteiger partial charge in [0.05, 0.1) is 4.34 Å². The Kier molecular flexibility index (Phi) is 3.93. The van der Waals surface area contributed by atoms with Gasteiger partial charge in [-0.15, -0.1) is 11.3 Å². The fourth-order valence-electron chi connectivity index (χ4n) is 2.95. The summed E-state index contributed by atoms with van der Waals surface area (Å²) in [6.45, 7) is 2.26. The van der Waals surface area contributed by atoms with Crippen molar-refractivity contribution in [3.8, 4) is 0 Å². The number of thiophene rings is 1. The summed E-state index contributed by atoms with van der Waals surface area (Å²) in [6, 6.07) is 4.11. The van der Waals surface area contributed by atoms with E-state index in [0.29, 0.717) is 5.92 Å². The molecule has 1 nitrogen and oxygen atoms in total. The van der Waals surface area contributed by atoms with E-state index in [1.807, 2.05) is 6.07 Å². The first-order valence-electron chi connectivity index (χ1n) is 6.17. The molecule has 0 amide bonds. The summed E-state index contributed by atoms with van der Waals surface area (Å²) in [4.78, 5) is 1.34. The highest BCUT2D eigenvalue weighted by Crippen LogP contribution is 2.38. The number of rotatable bonds is 3. The summed E-state index contributed by atoms with van der Waals surface area (Å²) in [7, 11) is 0. The molecule has 0 aromatic carbocycles. The van der Waals surface area contributed by atoms with E-state index in [2.05, 4.69) is 13.0 Å². The molecule has 1 aromatic heterocycles. The van der Waals surface area contributed by atoms with Gasteiger partial charge in [0, 0.05) is 16.8 Å². The fraction of sp³-hybridized carbons (Fsp3) is 0.692. The second-order valence-corrected chi connectivity index (χ2v) is 6.77. The van der Waals surface area contributed by atoms with Gasteiger partial charge in [-0.25, -0.2) is 0 Å². The quantitative estimate of drug-likeness (QED) is 0.861. The average molecular weight is 258 g/mol. The summed E-state index contributed by atoms with van der Waals surface area (Å²) in [5.74, 6) is 0.683. The molecular formula is C13H20ClNS. The first-order valence-corrected chi connectivity index (χ1v) is 7.36. The Morgan fingerprint density at radius 1 is 1.50 bits per heavy atom. The molecular weight excluding hydrogens is 238 g/mol. The lowest BCUT2D eigenvalue weighted by Crippen LogP contribution is -2.50. The topological polar surface area (TPSA) is 26.0 Å². The van der Waals surface area contributed by atoms with E-state index < -0.39 is 0 Å². The molecule has 16 heavy (non-hydrogen) atoms. The number of hydrogen-bond donors (Lipinski definition) is 1. The number of hydrogen-bond acceptors (Lipinski definition) is 2. The predicted molar refractivity (Wildman–Crippen MR) is 72.2 cm³/mol. The second kappa shape index (κ2) is 5.07. The van der Waals surface area contributed by atoms with E-state index in [9.17, 15) is 0 Å². The molecule has 1 aliphatic carbocycles. The molecule has 0 radical (unpaired) electrons. The van der Waals surface area contributed by atoms with Crippen molar-refractivity contribution >= 4 is 22.9 Å². The summed E-state index contributed by atoms with van der Waals surface area (Å²) >= 11 is 7.65. The minimum Gasteiger partial charge on any atom is -0.325 e. The van der Waals surface area contributed by atoms with Crippen LogP contribution in [0.2, 0.25) is 4.34 Å². The van der Waals surface area contributed by atoms with Gasteiger partial charge >= 0.3 is 0 Å². The summed E-state index contributed by atoms with van der Waals surface area (Å²) in [5, 5.41) is 0. The number of nitrogens with two attached hydrogens (primary N) is 1. The van der Waals surface area contributed by atoms with Crippen LogP contribution in [0.4, 0.5) is 0 Å². The van der Waals surface area contributed by atoms with Gasteiger partial charge < -0.3 is 5.73 Å². The molecule has 1 fully saturated rings. The van der Waals surface area contributed by atoms with Crippen LogP contribution < -0.4 is 5.73 Å². The molecule has 2 N–H and O–H groups in total. The Morgan fingerprint density at radius 2 is 2.31 bits per heavy atom. The highest BCUT2D eigenvalue weighted by atomic mass is 35.5. The molecule has 2 rings (SSSR count). The van der Waals surface area contributed by atoms with Gasteiger partial charge in [0.25, 0.3) is 0 Å². The predicted octanol–water partition coefficient (Wildman–Crippen LogP) is 4.24. The Morgan fingerprint density at radius 3 is 2.94 bits per heavy atom. The van der Waals surface area contributed by atoms with E-state index in [1.165, 1.54) is 37.0 Å². The van der Waals surface area contributed by atoms with Crippen LogP contribution in [0.1, 0.15) is 43.9 Å². The molecule has 90 valence electrons. The highest BCUT2D eigenvalue weighted by Gasteiger charge is 2.36. The van der Waals surface area contributed by atoms with Gasteiger partial charge in [0.1, 0.15) is 0 Å². The van der Waals surface area contributed by atoms with Crippen LogP contribution in [0.5, 0.6) is 0 Å². The SMILES string of the molecule is CCC1CCCCC1(N)Cc1ccc(Cl)s1. The molecule has 0 aliphatic heterocycles. The van der Waals surface area contributed by atoms with Crippen LogP contribution >= 0.6 is 22.9 Å². The van der Waals surface area contributed by atoms with Crippen molar-refractivity contribution in [3.05, 3.63) is 21.3 Å². The van der Waals surface area contributed by atoms with Crippen molar-refractivity contribution in [2.45, 2.75) is 51.0 Å². The normalized spacial score (nSPS) is 30.6. The van der Waals surface area contributed by atoms with Crippen LogP contribution in [0.15, 0.2) is 12.1 Å². The monoisotopic (exact) mass is 257 g/mol. The lowest BCUT2D eigenvalue weighted by atomic mass is 9.70. The largest absolute Gasteiger partial charge is 0.325 e. The van der Waals surface area contributed by atoms with Gasteiger partial charge in [-0.05, 0) is 30.9 Å². The zero-order valence-corrected chi connectivity index (χ0v) is 11.4. The zero-order chi connectivity index (χ0) is 11.6. The lowest BCUT2D eigenvalue weighted by Gasteiger charge is -2.41. The maximum absolute atomic E-state index is 6.62. The zero-order valence-electron chi connectivity index (χ0n) is 9.84. The smallest absolute Gasteiger partial charge is 0.0931 e. The van der Waals surface area contributed by atoms with Gasteiger partial charge in [0.15, 0.2) is 0 Å². The minimum atomic E-state index is 0.0151. The Labute approximate surface area is 107 Å². The highest BCUT2D eigenvalue weighted by molar-refractivity contribution is 7.16. The van der Waals surface area contributed by atoms with Crippen molar-refractivity contribution in [1.29, 1.82) is 0 Å². The molecule has 2 unspecified atom stereocenters. The molecule has 2 atom stereocenters. The molecule has 0 spiro atoms. The first kappa shape index (κ1) is 12.4. The molecule has 0 saturated heterocycles. The van der Waals surface area contributed by atoms with Gasteiger partial charge in [-0.3, -0.25) is 0 Å². The fourth-order valence-corrected chi connectivity index (χ4v) is 4.17. The van der Waals surface area contributed by atoms with Crippen LogP contribution in [-0.2, 0) is 6.42 Å². The maximum atomic E-state index is 6.62. The van der Waals surface area contributed by atoms with Gasteiger partial charge in [-0.2, -0.15) is 0 Å². The first-order chi connectivity index (χ1) is 7.64. The van der Waals surface area contributed by atoms with Crippen molar-refractivity contribution in [2.24, 2.45) is 11.7 Å². The average Bonchev–Trinajstić information content (AvgIpc) is 2.64. The summed E-state index contributed by atoms with van der Waals surface area (Å²) in [5.41, 5.74) is 6.63. The lowest BCUT2D eigenvalue weighted by molar-refractivity contribution is 0.183. The van der Waals surface area contributed by atoms with E-state index in [-0.39, 0.29) is 5.54 Å². The molecule has 1 aliphatic rings. The van der Waals surface area contributed by atoms with Crippen molar-refractivity contribution in [2.75, 3.05) is 0 Å². The van der Waals surface area contributed by atoms with E-state index in [1.54, 1.807) is 11.3 Å². The molecule has 1 aromatic rings. The Balaban J connectivity index is 2.10. The van der Waals surface area contributed by atoms with Crippen LogP contribution in [0.25, 0.3) is 0 Å². The molecule has 1 saturated carbocycles. The van der Waals surface area contributed by atoms with Crippen molar-refractivity contribution < 1.29 is 0 Å². The van der Waals surface area contributed by atoms with E-state index >= 15 is 0 Å². The number of halogens is 1. The van der Waals surface area contributed by atoms with E-state index in [4.69, 9.17) is 17.3 Å².